The summed E-state index contributed by atoms with van der Waals surface area (Å²) in [5.41, 5.74) is 1.29. The number of piperidine rings is 1. The number of carbonyl (C=O) groups excluding carboxylic acids is 1. The first kappa shape index (κ1) is 9.06. The molecule has 0 aliphatic carbocycles. The highest BCUT2D eigenvalue weighted by Crippen LogP contribution is 2.23. The number of carbonyl (C=O) groups is 1. The number of anilines is 1. The average Bonchev–Trinajstić information content (AvgIpc) is 2.67. The number of nitrogens with zero attached hydrogens (tertiary/aromatic N) is 1. The Morgan fingerprint density at radius 1 is 1.36 bits per heavy atom. The van der Waals surface area contributed by atoms with Crippen LogP contribution in [-0.2, 0) is 0 Å². The maximum Gasteiger partial charge on any atom is 0.196 e. The van der Waals surface area contributed by atoms with E-state index in [0.717, 1.165) is 38.1 Å². The summed E-state index contributed by atoms with van der Waals surface area (Å²) in [6, 6.07) is 3.55. The second-order valence-corrected chi connectivity index (χ2v) is 3.53. The van der Waals surface area contributed by atoms with Gasteiger partial charge in [0.15, 0.2) is 17.9 Å². The van der Waals surface area contributed by atoms with Crippen LogP contribution in [0.1, 0.15) is 23.4 Å². The summed E-state index contributed by atoms with van der Waals surface area (Å²) in [5.74, 6) is 1.18. The largest absolute Gasteiger partial charge is 0.438 e. The zero-order chi connectivity index (χ0) is 9.97. The lowest BCUT2D eigenvalue weighted by Gasteiger charge is -2.27. The molecule has 1 aliphatic rings. The lowest BCUT2D eigenvalue weighted by atomic mass is 10.1. The fraction of sp³-hybridized carbons (Fsp3) is 0.364. The molecular formula is C11H13NO2. The Hall–Kier alpha value is -1.51. The second kappa shape index (κ2) is 3.70. The van der Waals surface area contributed by atoms with E-state index in [9.17, 15) is 4.79 Å². The van der Waals surface area contributed by atoms with E-state index >= 15 is 0 Å². The normalized spacial score (nSPS) is 17.1. The highest BCUT2D eigenvalue weighted by Gasteiger charge is 2.15. The van der Waals surface area contributed by atoms with Gasteiger partial charge in [0.2, 0.25) is 0 Å². The van der Waals surface area contributed by atoms with E-state index in [2.05, 4.69) is 11.5 Å². The molecule has 0 spiro atoms. The van der Waals surface area contributed by atoms with Crippen molar-refractivity contribution < 1.29 is 9.21 Å². The summed E-state index contributed by atoms with van der Waals surface area (Å²) >= 11 is 0. The predicted octanol–water partition coefficient (Wildman–Crippen LogP) is 2.25. The van der Waals surface area contributed by atoms with Crippen LogP contribution in [0, 0.1) is 0 Å². The number of furan rings is 1. The fourth-order valence-corrected chi connectivity index (χ4v) is 1.62. The molecule has 2 rings (SSSR count). The van der Waals surface area contributed by atoms with E-state index in [4.69, 9.17) is 4.42 Å². The molecule has 2 heterocycles. The average molecular weight is 191 g/mol. The summed E-state index contributed by atoms with van der Waals surface area (Å²) in [6.45, 7) is 5.82. The fourth-order valence-electron chi connectivity index (χ4n) is 1.62. The molecule has 0 N–H and O–H groups in total. The van der Waals surface area contributed by atoms with Crippen molar-refractivity contribution in [3.05, 3.63) is 30.0 Å². The van der Waals surface area contributed by atoms with E-state index in [1.807, 2.05) is 6.07 Å². The summed E-state index contributed by atoms with van der Waals surface area (Å²) in [7, 11) is 0. The monoisotopic (exact) mass is 191 g/mol. The van der Waals surface area contributed by atoms with Gasteiger partial charge in [-0.2, -0.15) is 0 Å². The highest BCUT2D eigenvalue weighted by molar-refractivity contribution is 5.71. The first-order valence-corrected chi connectivity index (χ1v) is 4.76. The van der Waals surface area contributed by atoms with Crippen LogP contribution < -0.4 is 4.90 Å². The lowest BCUT2D eigenvalue weighted by molar-refractivity contribution is 0.110. The molecule has 0 radical (unpaired) electrons. The summed E-state index contributed by atoms with van der Waals surface area (Å²) < 4.78 is 5.34. The smallest absolute Gasteiger partial charge is 0.196 e. The van der Waals surface area contributed by atoms with Gasteiger partial charge in [-0.05, 0) is 18.9 Å². The van der Waals surface area contributed by atoms with E-state index in [0.29, 0.717) is 5.76 Å². The van der Waals surface area contributed by atoms with Crippen LogP contribution in [0.4, 0.5) is 5.88 Å². The van der Waals surface area contributed by atoms with Crippen molar-refractivity contribution in [2.75, 3.05) is 18.0 Å². The van der Waals surface area contributed by atoms with Gasteiger partial charge in [-0.3, -0.25) is 4.79 Å². The van der Waals surface area contributed by atoms with E-state index in [1.165, 1.54) is 5.57 Å². The van der Waals surface area contributed by atoms with Crippen LogP contribution in [0.15, 0.2) is 28.7 Å². The molecule has 1 aromatic rings. The van der Waals surface area contributed by atoms with Gasteiger partial charge in [0.05, 0.1) is 0 Å². The standard InChI is InChI=1S/C11H13NO2/c1-9-4-6-12(7-5-9)11-3-2-10(8-13)14-11/h2-3,8H,1,4-7H2. The summed E-state index contributed by atoms with van der Waals surface area (Å²) in [4.78, 5) is 12.6. The van der Waals surface area contributed by atoms with E-state index in [1.54, 1.807) is 6.07 Å². The van der Waals surface area contributed by atoms with Crippen molar-refractivity contribution in [1.29, 1.82) is 0 Å². The Morgan fingerprint density at radius 3 is 2.64 bits per heavy atom. The predicted molar refractivity (Wildman–Crippen MR) is 54.7 cm³/mol. The molecule has 14 heavy (non-hydrogen) atoms. The van der Waals surface area contributed by atoms with Crippen LogP contribution in [0.3, 0.4) is 0 Å². The first-order chi connectivity index (χ1) is 6.79. The molecule has 3 heteroatoms. The van der Waals surface area contributed by atoms with Crippen molar-refractivity contribution in [1.82, 2.24) is 0 Å². The molecule has 0 unspecified atom stereocenters. The van der Waals surface area contributed by atoms with Crippen LogP contribution in [0.2, 0.25) is 0 Å². The van der Waals surface area contributed by atoms with Gasteiger partial charge in [-0.15, -0.1) is 0 Å². The quantitative estimate of drug-likeness (QED) is 0.531. The third-order valence-corrected chi connectivity index (χ3v) is 2.51. The molecule has 0 bridgehead atoms. The third kappa shape index (κ3) is 1.71. The van der Waals surface area contributed by atoms with Crippen molar-refractivity contribution in [3.8, 4) is 0 Å². The maximum atomic E-state index is 10.4. The van der Waals surface area contributed by atoms with Crippen LogP contribution in [0.5, 0.6) is 0 Å². The van der Waals surface area contributed by atoms with Gasteiger partial charge in [0.25, 0.3) is 0 Å². The summed E-state index contributed by atoms with van der Waals surface area (Å²) in [5, 5.41) is 0. The molecular weight excluding hydrogens is 178 g/mol. The zero-order valence-electron chi connectivity index (χ0n) is 8.03. The summed E-state index contributed by atoms with van der Waals surface area (Å²) in [6.07, 6.45) is 2.75. The number of hydrogen-bond acceptors (Lipinski definition) is 3. The van der Waals surface area contributed by atoms with E-state index in [-0.39, 0.29) is 0 Å². The molecule has 1 aliphatic heterocycles. The Balaban J connectivity index is 2.07. The molecule has 3 nitrogen and oxygen atoms in total. The molecule has 0 amide bonds. The lowest BCUT2D eigenvalue weighted by Crippen LogP contribution is -2.29. The molecule has 0 atom stereocenters. The Morgan fingerprint density at radius 2 is 2.07 bits per heavy atom. The maximum absolute atomic E-state index is 10.4. The Bertz CT molecular complexity index is 344. The van der Waals surface area contributed by atoms with Gasteiger partial charge in [-0.25, -0.2) is 0 Å². The molecule has 0 aromatic carbocycles. The van der Waals surface area contributed by atoms with Crippen LogP contribution >= 0.6 is 0 Å². The van der Waals surface area contributed by atoms with Crippen molar-refractivity contribution in [2.45, 2.75) is 12.8 Å². The van der Waals surface area contributed by atoms with Crippen molar-refractivity contribution >= 4 is 12.2 Å². The minimum absolute atomic E-state index is 0.393. The van der Waals surface area contributed by atoms with Gasteiger partial charge in [0.1, 0.15) is 0 Å². The molecule has 1 saturated heterocycles. The van der Waals surface area contributed by atoms with Crippen molar-refractivity contribution in [2.24, 2.45) is 0 Å². The van der Waals surface area contributed by atoms with Crippen LogP contribution in [0.25, 0.3) is 0 Å². The van der Waals surface area contributed by atoms with Crippen molar-refractivity contribution in [3.63, 3.8) is 0 Å². The number of rotatable bonds is 2. The molecule has 1 aromatic heterocycles. The number of aldehydes is 1. The SMILES string of the molecule is C=C1CCN(c2ccc(C=O)o2)CC1. The van der Waals surface area contributed by atoms with Gasteiger partial charge >= 0.3 is 0 Å². The topological polar surface area (TPSA) is 33.5 Å². The highest BCUT2D eigenvalue weighted by atomic mass is 16.4. The first-order valence-electron chi connectivity index (χ1n) is 4.76. The molecule has 1 fully saturated rings. The van der Waals surface area contributed by atoms with Gasteiger partial charge in [-0.1, -0.05) is 12.2 Å². The molecule has 0 saturated carbocycles. The minimum atomic E-state index is 0.393. The molecule has 74 valence electrons. The third-order valence-electron chi connectivity index (χ3n) is 2.51. The van der Waals surface area contributed by atoms with Gasteiger partial charge < -0.3 is 9.32 Å². The number of hydrogen-bond donors (Lipinski definition) is 0. The van der Waals surface area contributed by atoms with Gasteiger partial charge in [0, 0.05) is 19.2 Å². The zero-order valence-corrected chi connectivity index (χ0v) is 8.03. The Kier molecular flexibility index (Phi) is 2.39. The Labute approximate surface area is 83.0 Å². The van der Waals surface area contributed by atoms with E-state index < -0.39 is 0 Å². The minimum Gasteiger partial charge on any atom is -0.438 e. The second-order valence-electron chi connectivity index (χ2n) is 3.53. The van der Waals surface area contributed by atoms with Crippen LogP contribution in [-0.4, -0.2) is 19.4 Å².